The number of benzene rings is 5. The molecule has 0 bridgehead atoms. The van der Waals surface area contributed by atoms with Gasteiger partial charge in [0.25, 0.3) is 0 Å². The Morgan fingerprint density at radius 2 is 1.26 bits per heavy atom. The van der Waals surface area contributed by atoms with E-state index in [2.05, 4.69) is 124 Å². The standard InChI is InChI=1S/C33H31OP/c1-33(2,3)35(34)22-26-18-17-24-13-7-9-15-27(24)31(26)32-28-16-10-8-14-25(28)19-20-29(32)30(35)21-23-11-5-4-6-12-23/h4-20,30H,21-22H2,1-3H3/t30-,35+/m1/s1. The zero-order valence-corrected chi connectivity index (χ0v) is 21.6. The fraction of sp³-hybridized carbons (Fsp3) is 0.212. The molecule has 1 heterocycles. The number of hydrogen-bond donors (Lipinski definition) is 0. The highest BCUT2D eigenvalue weighted by molar-refractivity contribution is 7.65. The van der Waals surface area contributed by atoms with Gasteiger partial charge in [-0.3, -0.25) is 0 Å². The summed E-state index contributed by atoms with van der Waals surface area (Å²) >= 11 is 0. The first-order valence-electron chi connectivity index (χ1n) is 12.5. The second-order valence-corrected chi connectivity index (χ2v) is 14.8. The Labute approximate surface area is 208 Å². The van der Waals surface area contributed by atoms with Gasteiger partial charge in [0.05, 0.1) is 0 Å². The van der Waals surface area contributed by atoms with Crippen LogP contribution in [0, 0.1) is 0 Å². The fourth-order valence-electron chi connectivity index (χ4n) is 5.98. The van der Waals surface area contributed by atoms with Crippen molar-refractivity contribution < 1.29 is 4.57 Å². The monoisotopic (exact) mass is 474 g/mol. The third-order valence-corrected chi connectivity index (χ3v) is 12.5. The highest BCUT2D eigenvalue weighted by atomic mass is 31.2. The van der Waals surface area contributed by atoms with Gasteiger partial charge in [-0.1, -0.05) is 124 Å². The summed E-state index contributed by atoms with van der Waals surface area (Å²) in [5, 5.41) is 4.66. The largest absolute Gasteiger partial charge is 0.322 e. The van der Waals surface area contributed by atoms with E-state index in [0.29, 0.717) is 6.16 Å². The summed E-state index contributed by atoms with van der Waals surface area (Å²) in [6, 6.07) is 36.9. The van der Waals surface area contributed by atoms with E-state index in [0.717, 1.165) is 6.42 Å². The average Bonchev–Trinajstić information content (AvgIpc) is 2.97. The highest BCUT2D eigenvalue weighted by Gasteiger charge is 2.47. The molecule has 0 saturated heterocycles. The van der Waals surface area contributed by atoms with Crippen LogP contribution in [0.3, 0.4) is 0 Å². The van der Waals surface area contributed by atoms with Crippen molar-refractivity contribution in [3.05, 3.63) is 120 Å². The molecule has 35 heavy (non-hydrogen) atoms. The van der Waals surface area contributed by atoms with Crippen LogP contribution in [0.5, 0.6) is 0 Å². The minimum Gasteiger partial charge on any atom is -0.322 e. The molecule has 0 saturated carbocycles. The van der Waals surface area contributed by atoms with Crippen molar-refractivity contribution >= 4 is 28.7 Å². The van der Waals surface area contributed by atoms with Crippen LogP contribution < -0.4 is 0 Å². The van der Waals surface area contributed by atoms with Gasteiger partial charge in [0.2, 0.25) is 0 Å². The molecule has 1 nitrogen and oxygen atoms in total. The quantitative estimate of drug-likeness (QED) is 0.233. The lowest BCUT2D eigenvalue weighted by atomic mass is 9.86. The molecule has 174 valence electrons. The molecule has 1 aliphatic rings. The summed E-state index contributed by atoms with van der Waals surface area (Å²) in [4.78, 5) is 0. The van der Waals surface area contributed by atoms with Gasteiger partial charge in [-0.15, -0.1) is 0 Å². The van der Waals surface area contributed by atoms with E-state index >= 15 is 4.57 Å². The van der Waals surface area contributed by atoms with Crippen molar-refractivity contribution in [2.45, 2.75) is 44.2 Å². The Morgan fingerprint density at radius 1 is 0.686 bits per heavy atom. The second kappa shape index (κ2) is 8.21. The van der Waals surface area contributed by atoms with Crippen molar-refractivity contribution in [1.29, 1.82) is 0 Å². The molecule has 0 aromatic heterocycles. The molecule has 0 spiro atoms. The lowest BCUT2D eigenvalue weighted by molar-refractivity contribution is 0.534. The van der Waals surface area contributed by atoms with Crippen LogP contribution in [0.15, 0.2) is 103 Å². The van der Waals surface area contributed by atoms with Gasteiger partial charge in [-0.2, -0.15) is 0 Å². The molecule has 2 heteroatoms. The average molecular weight is 475 g/mol. The first-order chi connectivity index (χ1) is 16.9. The van der Waals surface area contributed by atoms with Crippen LogP contribution >= 0.6 is 7.14 Å². The lowest BCUT2D eigenvalue weighted by Gasteiger charge is -2.38. The summed E-state index contributed by atoms with van der Waals surface area (Å²) in [7, 11) is -2.74. The summed E-state index contributed by atoms with van der Waals surface area (Å²) in [5.74, 6) is 0. The van der Waals surface area contributed by atoms with E-state index in [1.807, 2.05) is 0 Å². The van der Waals surface area contributed by atoms with Crippen molar-refractivity contribution in [2.24, 2.45) is 0 Å². The smallest absolute Gasteiger partial charge is 0.104 e. The molecule has 1 aliphatic heterocycles. The maximum absolute atomic E-state index is 15.4. The maximum atomic E-state index is 15.4. The highest BCUT2D eigenvalue weighted by Crippen LogP contribution is 2.73. The van der Waals surface area contributed by atoms with Gasteiger partial charge in [0.15, 0.2) is 0 Å². The fourth-order valence-corrected chi connectivity index (χ4v) is 9.55. The first-order valence-corrected chi connectivity index (χ1v) is 14.5. The van der Waals surface area contributed by atoms with E-state index in [-0.39, 0.29) is 10.8 Å². The van der Waals surface area contributed by atoms with E-state index < -0.39 is 7.14 Å². The predicted molar refractivity (Wildman–Crippen MR) is 151 cm³/mol. The molecule has 0 fully saturated rings. The van der Waals surface area contributed by atoms with Crippen molar-refractivity contribution in [2.75, 3.05) is 0 Å². The Hall–Kier alpha value is -3.15. The van der Waals surface area contributed by atoms with E-state index in [4.69, 9.17) is 0 Å². The van der Waals surface area contributed by atoms with Crippen LogP contribution in [0.4, 0.5) is 0 Å². The summed E-state index contributed by atoms with van der Waals surface area (Å²) in [6.45, 7) is 6.54. The molecule has 5 aromatic rings. The van der Waals surface area contributed by atoms with Crippen LogP contribution in [-0.2, 0) is 17.1 Å². The molecule has 0 N–H and O–H groups in total. The Morgan fingerprint density at radius 3 is 1.91 bits per heavy atom. The zero-order chi connectivity index (χ0) is 24.2. The molecular weight excluding hydrogens is 443 g/mol. The Bertz CT molecular complexity index is 1610. The van der Waals surface area contributed by atoms with Gasteiger partial charge >= 0.3 is 0 Å². The minimum atomic E-state index is -2.74. The Balaban J connectivity index is 1.76. The van der Waals surface area contributed by atoms with Gasteiger partial charge in [-0.25, -0.2) is 0 Å². The first kappa shape index (κ1) is 22.3. The molecule has 0 aliphatic carbocycles. The lowest BCUT2D eigenvalue weighted by Crippen LogP contribution is -2.22. The molecule has 5 aromatic carbocycles. The molecule has 0 unspecified atom stereocenters. The molecule has 6 rings (SSSR count). The van der Waals surface area contributed by atoms with E-state index in [1.165, 1.54) is 49.4 Å². The van der Waals surface area contributed by atoms with Crippen molar-refractivity contribution in [3.63, 3.8) is 0 Å². The number of hydrogen-bond acceptors (Lipinski definition) is 1. The molecule has 2 atom stereocenters. The Kier molecular flexibility index (Phi) is 5.24. The van der Waals surface area contributed by atoms with Crippen LogP contribution in [0.1, 0.15) is 43.1 Å². The van der Waals surface area contributed by atoms with Gasteiger partial charge < -0.3 is 4.57 Å². The summed E-state index contributed by atoms with van der Waals surface area (Å²) < 4.78 is 15.4. The number of fused-ring (bicyclic) bond motifs is 7. The van der Waals surface area contributed by atoms with Crippen LogP contribution in [0.25, 0.3) is 32.7 Å². The summed E-state index contributed by atoms with van der Waals surface area (Å²) in [6.07, 6.45) is 1.41. The van der Waals surface area contributed by atoms with Crippen LogP contribution in [-0.4, -0.2) is 5.16 Å². The van der Waals surface area contributed by atoms with Gasteiger partial charge in [0.1, 0.15) is 7.14 Å². The third-order valence-electron chi connectivity index (χ3n) is 7.90. The molecule has 0 amide bonds. The normalized spacial score (nSPS) is 19.8. The molecule has 0 radical (unpaired) electrons. The second-order valence-electron chi connectivity index (χ2n) is 10.9. The minimum absolute atomic E-state index is 0.0457. The SMILES string of the molecule is CC(C)(C)[P@]1(=O)Cc2ccc3ccccc3c2-c2c(ccc3ccccc23)[C@H]1Cc1ccccc1. The zero-order valence-electron chi connectivity index (χ0n) is 20.7. The van der Waals surface area contributed by atoms with E-state index in [9.17, 15) is 0 Å². The predicted octanol–water partition coefficient (Wildman–Crippen LogP) is 9.62. The van der Waals surface area contributed by atoms with Gasteiger partial charge in [0, 0.05) is 17.0 Å². The van der Waals surface area contributed by atoms with Crippen LogP contribution in [0.2, 0.25) is 0 Å². The topological polar surface area (TPSA) is 17.1 Å². The maximum Gasteiger partial charge on any atom is 0.104 e. The van der Waals surface area contributed by atoms with E-state index in [1.54, 1.807) is 0 Å². The van der Waals surface area contributed by atoms with Crippen molar-refractivity contribution in [3.8, 4) is 11.1 Å². The molecular formula is C33H31OP. The van der Waals surface area contributed by atoms with Gasteiger partial charge in [-0.05, 0) is 55.8 Å². The summed E-state index contributed by atoms with van der Waals surface area (Å²) in [5.41, 5.74) is 6.20. The third kappa shape index (κ3) is 3.57. The number of rotatable bonds is 2. The van der Waals surface area contributed by atoms with Crippen molar-refractivity contribution in [1.82, 2.24) is 0 Å².